The standard InChI is InChI=1S/C19H30N4O4S/c1-4-5-12-20-19(25)16-10-6-7-11-17(16)21-18(24)15-9-8-13-23(14-15)28(26,27)22(2)3/h6-7,10-11,15H,4-5,8-9,12-14H2,1-3H3,(H,20,25)(H,21,24)/t15-/m0/s1. The van der Waals surface area contributed by atoms with Gasteiger partial charge in [0.15, 0.2) is 0 Å². The van der Waals surface area contributed by atoms with Crippen LogP contribution < -0.4 is 10.6 Å². The molecule has 1 heterocycles. The lowest BCUT2D eigenvalue weighted by Gasteiger charge is -2.32. The highest BCUT2D eigenvalue weighted by atomic mass is 32.2. The van der Waals surface area contributed by atoms with Crippen LogP contribution in [0.5, 0.6) is 0 Å². The molecule has 0 unspecified atom stereocenters. The highest BCUT2D eigenvalue weighted by Crippen LogP contribution is 2.23. The van der Waals surface area contributed by atoms with Crippen LogP contribution in [0.25, 0.3) is 0 Å². The Morgan fingerprint density at radius 3 is 2.64 bits per heavy atom. The maximum Gasteiger partial charge on any atom is 0.281 e. The third kappa shape index (κ3) is 5.52. The van der Waals surface area contributed by atoms with E-state index in [1.54, 1.807) is 24.3 Å². The number of carbonyl (C=O) groups excluding carboxylic acids is 2. The molecule has 0 aromatic heterocycles. The summed E-state index contributed by atoms with van der Waals surface area (Å²) in [5.74, 6) is -0.961. The van der Waals surface area contributed by atoms with Gasteiger partial charge in [-0.1, -0.05) is 25.5 Å². The van der Waals surface area contributed by atoms with Crippen molar-refractivity contribution in [2.45, 2.75) is 32.6 Å². The van der Waals surface area contributed by atoms with Gasteiger partial charge < -0.3 is 10.6 Å². The number of hydrogen-bond donors (Lipinski definition) is 2. The molecule has 1 aliphatic heterocycles. The molecular weight excluding hydrogens is 380 g/mol. The fraction of sp³-hybridized carbons (Fsp3) is 0.579. The third-order valence-corrected chi connectivity index (χ3v) is 6.70. The first-order valence-corrected chi connectivity index (χ1v) is 11.0. The predicted octanol–water partition coefficient (Wildman–Crippen LogP) is 1.67. The fourth-order valence-electron chi connectivity index (χ4n) is 3.10. The molecule has 1 aliphatic rings. The SMILES string of the molecule is CCCCNC(=O)c1ccccc1NC(=O)[C@H]1CCCN(S(=O)(=O)N(C)C)C1. The van der Waals surface area contributed by atoms with E-state index in [1.165, 1.54) is 18.4 Å². The van der Waals surface area contributed by atoms with E-state index in [0.717, 1.165) is 17.1 Å². The number of amides is 2. The molecule has 1 atom stereocenters. The molecule has 1 saturated heterocycles. The molecule has 0 radical (unpaired) electrons. The Kier molecular flexibility index (Phi) is 7.97. The minimum atomic E-state index is -3.55. The number of hydrogen-bond acceptors (Lipinski definition) is 4. The topological polar surface area (TPSA) is 98.8 Å². The van der Waals surface area contributed by atoms with Gasteiger partial charge in [-0.3, -0.25) is 9.59 Å². The van der Waals surface area contributed by atoms with Gasteiger partial charge in [-0.15, -0.1) is 0 Å². The van der Waals surface area contributed by atoms with E-state index >= 15 is 0 Å². The molecule has 8 nitrogen and oxygen atoms in total. The Morgan fingerprint density at radius 1 is 1.25 bits per heavy atom. The Morgan fingerprint density at radius 2 is 1.96 bits per heavy atom. The fourth-order valence-corrected chi connectivity index (χ4v) is 4.29. The maximum absolute atomic E-state index is 12.8. The first-order chi connectivity index (χ1) is 13.3. The number of para-hydroxylation sites is 1. The molecular formula is C19H30N4O4S. The molecule has 1 fully saturated rings. The highest BCUT2D eigenvalue weighted by molar-refractivity contribution is 7.86. The summed E-state index contributed by atoms with van der Waals surface area (Å²) < 4.78 is 27.2. The number of nitrogens with zero attached hydrogens (tertiary/aromatic N) is 2. The van der Waals surface area contributed by atoms with Crippen molar-refractivity contribution in [1.29, 1.82) is 0 Å². The van der Waals surface area contributed by atoms with E-state index in [2.05, 4.69) is 10.6 Å². The molecule has 0 aliphatic carbocycles. The van der Waals surface area contributed by atoms with E-state index in [9.17, 15) is 18.0 Å². The van der Waals surface area contributed by atoms with E-state index in [1.807, 2.05) is 6.92 Å². The summed E-state index contributed by atoms with van der Waals surface area (Å²) in [5, 5.41) is 5.67. The molecule has 0 bridgehead atoms. The molecule has 156 valence electrons. The number of rotatable bonds is 8. The first-order valence-electron chi connectivity index (χ1n) is 9.63. The van der Waals surface area contributed by atoms with Gasteiger partial charge in [0.25, 0.3) is 16.1 Å². The minimum Gasteiger partial charge on any atom is -0.352 e. The van der Waals surface area contributed by atoms with Crippen LogP contribution in [0.2, 0.25) is 0 Å². The lowest BCUT2D eigenvalue weighted by Crippen LogP contribution is -2.47. The maximum atomic E-state index is 12.8. The van der Waals surface area contributed by atoms with Crippen LogP contribution in [0.3, 0.4) is 0 Å². The minimum absolute atomic E-state index is 0.136. The largest absolute Gasteiger partial charge is 0.352 e. The van der Waals surface area contributed by atoms with Gasteiger partial charge in [0, 0.05) is 33.7 Å². The Hall–Kier alpha value is -1.97. The number of anilines is 1. The van der Waals surface area contributed by atoms with Crippen LogP contribution in [0, 0.1) is 5.92 Å². The van der Waals surface area contributed by atoms with Gasteiger partial charge in [-0.2, -0.15) is 17.0 Å². The van der Waals surface area contributed by atoms with Gasteiger partial charge in [-0.25, -0.2) is 0 Å². The zero-order valence-electron chi connectivity index (χ0n) is 16.8. The summed E-state index contributed by atoms with van der Waals surface area (Å²) >= 11 is 0. The lowest BCUT2D eigenvalue weighted by atomic mass is 9.98. The van der Waals surface area contributed by atoms with Crippen molar-refractivity contribution >= 4 is 27.7 Å². The monoisotopic (exact) mass is 410 g/mol. The molecule has 28 heavy (non-hydrogen) atoms. The Labute approximate surface area is 167 Å². The van der Waals surface area contributed by atoms with E-state index in [-0.39, 0.29) is 18.4 Å². The first kappa shape index (κ1) is 22.3. The molecule has 1 aromatic rings. The second-order valence-corrected chi connectivity index (χ2v) is 9.27. The number of unbranched alkanes of at least 4 members (excludes halogenated alkanes) is 1. The number of nitrogens with one attached hydrogen (secondary N) is 2. The van der Waals surface area contributed by atoms with E-state index in [4.69, 9.17) is 0 Å². The third-order valence-electron chi connectivity index (χ3n) is 4.79. The highest BCUT2D eigenvalue weighted by Gasteiger charge is 2.33. The summed E-state index contributed by atoms with van der Waals surface area (Å²) in [5.41, 5.74) is 0.842. The molecule has 2 rings (SSSR count). The molecule has 2 N–H and O–H groups in total. The summed E-state index contributed by atoms with van der Waals surface area (Å²) in [6.07, 6.45) is 3.09. The van der Waals surface area contributed by atoms with Crippen LogP contribution in [0.15, 0.2) is 24.3 Å². The van der Waals surface area contributed by atoms with Gasteiger partial charge in [0.2, 0.25) is 5.91 Å². The average Bonchev–Trinajstić information content (AvgIpc) is 2.68. The van der Waals surface area contributed by atoms with Gasteiger partial charge in [0.1, 0.15) is 0 Å². The average molecular weight is 411 g/mol. The quantitative estimate of drug-likeness (QED) is 0.637. The van der Waals surface area contributed by atoms with Crippen molar-refractivity contribution in [2.75, 3.05) is 39.0 Å². The summed E-state index contributed by atoms with van der Waals surface area (Å²) in [4.78, 5) is 25.2. The van der Waals surface area contributed by atoms with Crippen molar-refractivity contribution in [3.8, 4) is 0 Å². The van der Waals surface area contributed by atoms with Crippen molar-refractivity contribution < 1.29 is 18.0 Å². The summed E-state index contributed by atoms with van der Waals surface area (Å²) in [6, 6.07) is 6.85. The van der Waals surface area contributed by atoms with Gasteiger partial charge >= 0.3 is 0 Å². The van der Waals surface area contributed by atoms with Crippen molar-refractivity contribution in [3.63, 3.8) is 0 Å². The molecule has 9 heteroatoms. The van der Waals surface area contributed by atoms with Crippen molar-refractivity contribution in [3.05, 3.63) is 29.8 Å². The van der Waals surface area contributed by atoms with Gasteiger partial charge in [0.05, 0.1) is 17.2 Å². The van der Waals surface area contributed by atoms with Crippen LogP contribution in [-0.4, -0.2) is 62.6 Å². The normalized spacial score (nSPS) is 18.1. The van der Waals surface area contributed by atoms with Crippen molar-refractivity contribution in [2.24, 2.45) is 5.92 Å². The van der Waals surface area contributed by atoms with Crippen molar-refractivity contribution in [1.82, 2.24) is 13.9 Å². The Bertz CT molecular complexity index is 795. The van der Waals surface area contributed by atoms with E-state index in [0.29, 0.717) is 37.2 Å². The summed E-state index contributed by atoms with van der Waals surface area (Å²) in [7, 11) is -0.594. The second kappa shape index (κ2) is 9.99. The molecule has 1 aromatic carbocycles. The second-order valence-electron chi connectivity index (χ2n) is 7.13. The van der Waals surface area contributed by atoms with Crippen LogP contribution in [0.1, 0.15) is 43.0 Å². The van der Waals surface area contributed by atoms with Crippen LogP contribution >= 0.6 is 0 Å². The number of carbonyl (C=O) groups is 2. The lowest BCUT2D eigenvalue weighted by molar-refractivity contribution is -0.120. The zero-order chi connectivity index (χ0) is 20.7. The van der Waals surface area contributed by atoms with Crippen LogP contribution in [-0.2, 0) is 15.0 Å². The summed E-state index contributed by atoms with van der Waals surface area (Å²) in [6.45, 7) is 3.17. The van der Waals surface area contributed by atoms with Gasteiger partial charge in [-0.05, 0) is 31.4 Å². The zero-order valence-corrected chi connectivity index (χ0v) is 17.6. The Balaban J connectivity index is 2.07. The van der Waals surface area contributed by atoms with Crippen LogP contribution in [0.4, 0.5) is 5.69 Å². The predicted molar refractivity (Wildman–Crippen MR) is 109 cm³/mol. The number of piperidine rings is 1. The van der Waals surface area contributed by atoms with E-state index < -0.39 is 16.1 Å². The molecule has 2 amide bonds. The number of benzene rings is 1. The molecule has 0 saturated carbocycles. The smallest absolute Gasteiger partial charge is 0.281 e. The molecule has 0 spiro atoms.